The van der Waals surface area contributed by atoms with Crippen LogP contribution in [0.2, 0.25) is 4.47 Å². The molecule has 0 saturated heterocycles. The predicted molar refractivity (Wildman–Crippen MR) is 69.3 cm³/mol. The van der Waals surface area contributed by atoms with Gasteiger partial charge in [-0.15, -0.1) is 0 Å². The number of thiazole rings is 1. The molecule has 1 aromatic heterocycles. The third kappa shape index (κ3) is 3.63. The van der Waals surface area contributed by atoms with Crippen molar-refractivity contribution in [3.63, 3.8) is 0 Å². The Hall–Kier alpha value is -1.39. The zero-order chi connectivity index (χ0) is 15.8. The van der Waals surface area contributed by atoms with Gasteiger partial charge in [0.2, 0.25) is 0 Å². The van der Waals surface area contributed by atoms with Gasteiger partial charge in [-0.05, 0) is 18.2 Å². The van der Waals surface area contributed by atoms with E-state index in [2.05, 4.69) is 4.98 Å². The van der Waals surface area contributed by atoms with E-state index < -0.39 is 33.3 Å². The van der Waals surface area contributed by atoms with Gasteiger partial charge in [-0.2, -0.15) is 13.2 Å². The van der Waals surface area contributed by atoms with E-state index in [1.165, 1.54) is 0 Å². The summed E-state index contributed by atoms with van der Waals surface area (Å²) < 4.78 is 76.1. The number of alkyl halides is 3. The summed E-state index contributed by atoms with van der Waals surface area (Å²) in [5.41, 5.74) is -1.99. The molecule has 0 aliphatic carbocycles. The Morgan fingerprint density at radius 3 is 2.48 bits per heavy atom. The number of nitrogens with one attached hydrogen (secondary N) is 1. The molecule has 0 amide bonds. The minimum Gasteiger partial charge on any atom is -0.279 e. The van der Waals surface area contributed by atoms with Gasteiger partial charge >= 0.3 is 6.18 Å². The monoisotopic (exact) mass is 360 g/mol. The van der Waals surface area contributed by atoms with Gasteiger partial charge in [0.25, 0.3) is 10.0 Å². The summed E-state index contributed by atoms with van der Waals surface area (Å²) in [6.07, 6.45) is -3.97. The largest absolute Gasteiger partial charge is 0.419 e. The molecule has 11 heteroatoms. The van der Waals surface area contributed by atoms with Gasteiger partial charge < -0.3 is 0 Å². The Morgan fingerprint density at radius 1 is 1.29 bits per heavy atom. The second kappa shape index (κ2) is 5.43. The zero-order valence-electron chi connectivity index (χ0n) is 9.78. The highest BCUT2D eigenvalue weighted by Crippen LogP contribution is 2.33. The van der Waals surface area contributed by atoms with Crippen LogP contribution in [0, 0.1) is 5.82 Å². The quantitative estimate of drug-likeness (QED) is 0.848. The van der Waals surface area contributed by atoms with Crippen LogP contribution in [0.15, 0.2) is 28.6 Å². The fraction of sp³-hybridized carbons (Fsp3) is 0.100. The molecule has 4 nitrogen and oxygen atoms in total. The van der Waals surface area contributed by atoms with E-state index >= 15 is 0 Å². The summed E-state index contributed by atoms with van der Waals surface area (Å²) in [7, 11) is -4.14. The van der Waals surface area contributed by atoms with E-state index in [1.807, 2.05) is 4.72 Å². The second-order valence-electron chi connectivity index (χ2n) is 3.73. The fourth-order valence-corrected chi connectivity index (χ4v) is 3.72. The van der Waals surface area contributed by atoms with Crippen molar-refractivity contribution in [3.05, 3.63) is 40.2 Å². The molecule has 0 fully saturated rings. The number of hydrogen-bond donors (Lipinski definition) is 1. The van der Waals surface area contributed by atoms with Gasteiger partial charge in [-0.1, -0.05) is 22.9 Å². The lowest BCUT2D eigenvalue weighted by Gasteiger charge is -2.11. The average molecular weight is 361 g/mol. The second-order valence-corrected chi connectivity index (χ2v) is 7.25. The highest BCUT2D eigenvalue weighted by Gasteiger charge is 2.34. The number of aromatic nitrogens is 1. The molecule has 0 saturated carbocycles. The van der Waals surface area contributed by atoms with Gasteiger partial charge in [-0.3, -0.25) is 4.72 Å². The summed E-state index contributed by atoms with van der Waals surface area (Å²) in [6, 6.07) is 1.78. The molecule has 2 rings (SSSR count). The maximum Gasteiger partial charge on any atom is 0.419 e. The Morgan fingerprint density at radius 2 is 1.95 bits per heavy atom. The van der Waals surface area contributed by atoms with Crippen LogP contribution in [-0.4, -0.2) is 13.4 Å². The molecule has 0 spiro atoms. The van der Waals surface area contributed by atoms with Gasteiger partial charge in [0.1, 0.15) is 5.82 Å². The van der Waals surface area contributed by atoms with Crippen LogP contribution in [0.5, 0.6) is 0 Å². The Kier molecular flexibility index (Phi) is 4.13. The van der Waals surface area contributed by atoms with Crippen LogP contribution in [0.1, 0.15) is 5.56 Å². The van der Waals surface area contributed by atoms with Gasteiger partial charge in [0.15, 0.2) is 8.68 Å². The molecule has 1 N–H and O–H groups in total. The van der Waals surface area contributed by atoms with Crippen molar-refractivity contribution in [2.24, 2.45) is 0 Å². The molecular weight excluding hydrogens is 356 g/mol. The van der Waals surface area contributed by atoms with Crippen molar-refractivity contribution < 1.29 is 26.0 Å². The maximum absolute atomic E-state index is 13.1. The number of anilines is 1. The Labute approximate surface area is 125 Å². The van der Waals surface area contributed by atoms with E-state index in [4.69, 9.17) is 11.6 Å². The molecule has 0 radical (unpaired) electrons. The van der Waals surface area contributed by atoms with Crippen molar-refractivity contribution in [2.75, 3.05) is 4.72 Å². The summed E-state index contributed by atoms with van der Waals surface area (Å²) in [5.74, 6) is -1.49. The molecule has 0 atom stereocenters. The van der Waals surface area contributed by atoms with Gasteiger partial charge in [0, 0.05) is 5.69 Å². The molecule has 21 heavy (non-hydrogen) atoms. The van der Waals surface area contributed by atoms with Crippen molar-refractivity contribution in [2.45, 2.75) is 10.4 Å². The third-order valence-corrected chi connectivity index (χ3v) is 5.20. The first-order valence-electron chi connectivity index (χ1n) is 5.10. The van der Waals surface area contributed by atoms with E-state index in [1.54, 1.807) is 0 Å². The van der Waals surface area contributed by atoms with Crippen LogP contribution in [0.3, 0.4) is 0 Å². The first-order chi connectivity index (χ1) is 9.59. The lowest BCUT2D eigenvalue weighted by Crippen LogP contribution is -2.14. The molecule has 0 aliphatic heterocycles. The van der Waals surface area contributed by atoms with Crippen LogP contribution in [0.25, 0.3) is 0 Å². The maximum atomic E-state index is 13.1. The third-order valence-electron chi connectivity index (χ3n) is 2.25. The summed E-state index contributed by atoms with van der Waals surface area (Å²) in [4.78, 5) is 3.52. The Balaban J connectivity index is 2.36. The van der Waals surface area contributed by atoms with Crippen molar-refractivity contribution in [1.29, 1.82) is 0 Å². The molecule has 0 aliphatic rings. The highest BCUT2D eigenvalue weighted by molar-refractivity contribution is 7.94. The number of rotatable bonds is 3. The average Bonchev–Trinajstić information content (AvgIpc) is 2.77. The number of sulfonamides is 1. The minimum absolute atomic E-state index is 0.0366. The highest BCUT2D eigenvalue weighted by atomic mass is 35.5. The molecular formula is C10H5ClF4N2O2S2. The SMILES string of the molecule is O=S(=O)(Nc1ccc(F)c(C(F)(F)F)c1)c1cnc(Cl)s1. The number of hydrogen-bond acceptors (Lipinski definition) is 4. The minimum atomic E-state index is -4.93. The summed E-state index contributed by atoms with van der Waals surface area (Å²) in [6.45, 7) is 0. The van der Waals surface area contributed by atoms with Gasteiger partial charge in [0.05, 0.1) is 11.8 Å². The normalized spacial score (nSPS) is 12.4. The first-order valence-corrected chi connectivity index (χ1v) is 7.78. The van der Waals surface area contributed by atoms with Crippen LogP contribution in [0.4, 0.5) is 23.2 Å². The molecule has 114 valence electrons. The van der Waals surface area contributed by atoms with E-state index in [0.29, 0.717) is 23.5 Å². The van der Waals surface area contributed by atoms with E-state index in [9.17, 15) is 26.0 Å². The van der Waals surface area contributed by atoms with Crippen molar-refractivity contribution >= 4 is 38.6 Å². The number of benzene rings is 1. The summed E-state index contributed by atoms with van der Waals surface area (Å²) in [5, 5.41) is 0. The van der Waals surface area contributed by atoms with E-state index in [0.717, 1.165) is 12.3 Å². The number of nitrogens with zero attached hydrogens (tertiary/aromatic N) is 1. The zero-order valence-corrected chi connectivity index (χ0v) is 12.2. The fourth-order valence-electron chi connectivity index (χ4n) is 1.37. The first kappa shape index (κ1) is 16.0. The summed E-state index contributed by atoms with van der Waals surface area (Å²) >= 11 is 6.13. The molecule has 2 aromatic rings. The van der Waals surface area contributed by atoms with Gasteiger partial charge in [-0.25, -0.2) is 17.8 Å². The standard InChI is InChI=1S/C10H5ClF4N2O2S2/c11-9-16-4-8(20-9)21(18,19)17-5-1-2-7(12)6(3-5)10(13,14)15/h1-4,17H. The molecule has 1 heterocycles. The van der Waals surface area contributed by atoms with Crippen molar-refractivity contribution in [3.8, 4) is 0 Å². The molecule has 0 unspecified atom stereocenters. The van der Waals surface area contributed by atoms with Crippen LogP contribution < -0.4 is 4.72 Å². The smallest absolute Gasteiger partial charge is 0.279 e. The van der Waals surface area contributed by atoms with E-state index in [-0.39, 0.29) is 8.68 Å². The molecule has 0 bridgehead atoms. The predicted octanol–water partition coefficient (Wildman–Crippen LogP) is 3.76. The lowest BCUT2D eigenvalue weighted by molar-refractivity contribution is -0.139. The Bertz CT molecular complexity index is 774. The van der Waals surface area contributed by atoms with Crippen LogP contribution >= 0.6 is 22.9 Å². The van der Waals surface area contributed by atoms with Crippen molar-refractivity contribution in [1.82, 2.24) is 4.98 Å². The topological polar surface area (TPSA) is 59.1 Å². The molecule has 1 aromatic carbocycles. The number of halogens is 5. The lowest BCUT2D eigenvalue weighted by atomic mass is 10.2. The van der Waals surface area contributed by atoms with Crippen LogP contribution in [-0.2, 0) is 16.2 Å².